The first-order valence-corrected chi connectivity index (χ1v) is 19.1. The molecule has 0 aliphatic carbocycles. The lowest BCUT2D eigenvalue weighted by molar-refractivity contribution is 0.0566. The van der Waals surface area contributed by atoms with E-state index in [9.17, 15) is 27.0 Å². The van der Waals surface area contributed by atoms with Gasteiger partial charge in [0.05, 0.1) is 34.4 Å². The van der Waals surface area contributed by atoms with Gasteiger partial charge in [-0.15, -0.1) is 0 Å². The lowest BCUT2D eigenvalue weighted by atomic mass is 10.0. The second-order valence-corrected chi connectivity index (χ2v) is 15.5. The highest BCUT2D eigenvalue weighted by molar-refractivity contribution is 7.92. The number of aliphatic hydroxyl groups is 2. The number of sulfone groups is 1. The number of benzene rings is 5. The Morgan fingerprint density at radius 3 is 1.88 bits per heavy atom. The van der Waals surface area contributed by atoms with Gasteiger partial charge in [-0.1, -0.05) is 97.1 Å². The van der Waals surface area contributed by atoms with Crippen LogP contribution >= 0.6 is 0 Å². The Labute approximate surface area is 288 Å². The molecule has 0 saturated carbocycles. The Morgan fingerprint density at radius 2 is 1.29 bits per heavy atom. The Hall–Kier alpha value is -4.52. The number of hydrogen-bond acceptors (Lipinski definition) is 8. The van der Waals surface area contributed by atoms with E-state index < -0.39 is 32.0 Å². The van der Waals surface area contributed by atoms with Gasteiger partial charge in [-0.3, -0.25) is 9.62 Å². The van der Waals surface area contributed by atoms with E-state index in [1.165, 1.54) is 0 Å². The van der Waals surface area contributed by atoms with E-state index in [-0.39, 0.29) is 35.2 Å². The van der Waals surface area contributed by atoms with E-state index in [1.807, 2.05) is 65.6 Å². The number of sulfonamides is 1. The number of aliphatic hydroxyl groups excluding tert-OH is 2. The largest absolute Gasteiger partial charge is 0.487 e. The van der Waals surface area contributed by atoms with E-state index in [0.717, 1.165) is 22.9 Å². The molecule has 0 aliphatic rings. The molecule has 0 unspecified atom stereocenters. The van der Waals surface area contributed by atoms with Gasteiger partial charge in [0.1, 0.15) is 12.4 Å². The molecular weight excluding hydrogens is 661 g/mol. The zero-order valence-electron chi connectivity index (χ0n) is 27.1. The number of hydrogen-bond donors (Lipinski definition) is 3. The minimum absolute atomic E-state index is 0.114. The van der Waals surface area contributed by atoms with Crippen molar-refractivity contribution in [3.05, 3.63) is 156 Å². The Balaban J connectivity index is 1.37. The van der Waals surface area contributed by atoms with Gasteiger partial charge in [0.15, 0.2) is 0 Å². The molecule has 5 rings (SSSR count). The lowest BCUT2D eigenvalue weighted by Gasteiger charge is -2.33. The van der Waals surface area contributed by atoms with Crippen molar-refractivity contribution < 1.29 is 31.8 Å². The third-order valence-corrected chi connectivity index (χ3v) is 10.4. The highest BCUT2D eigenvalue weighted by atomic mass is 32.2. The predicted octanol–water partition coefficient (Wildman–Crippen LogP) is 5.61. The molecule has 11 heteroatoms. The van der Waals surface area contributed by atoms with E-state index in [0.29, 0.717) is 24.3 Å². The molecule has 256 valence electrons. The number of rotatable bonds is 16. The fraction of sp³-hybridized carbons (Fsp3) is 0.211. The van der Waals surface area contributed by atoms with Crippen molar-refractivity contribution in [1.82, 2.24) is 4.90 Å². The summed E-state index contributed by atoms with van der Waals surface area (Å²) in [7, 11) is -7.34. The van der Waals surface area contributed by atoms with Crippen LogP contribution in [0.15, 0.2) is 143 Å². The quantitative estimate of drug-likeness (QED) is 0.121. The molecule has 0 aromatic heterocycles. The molecule has 5 aromatic rings. The van der Waals surface area contributed by atoms with Crippen molar-refractivity contribution in [2.75, 3.05) is 24.1 Å². The van der Waals surface area contributed by atoms with Crippen LogP contribution in [0.1, 0.15) is 28.4 Å². The second-order valence-electron chi connectivity index (χ2n) is 11.8. The van der Waals surface area contributed by atoms with Crippen LogP contribution in [0.4, 0.5) is 5.69 Å². The van der Waals surface area contributed by atoms with Crippen molar-refractivity contribution in [1.29, 1.82) is 0 Å². The molecule has 5 aromatic carbocycles. The first-order valence-electron chi connectivity index (χ1n) is 15.8. The molecule has 0 heterocycles. The average Bonchev–Trinajstić information content (AvgIpc) is 3.10. The summed E-state index contributed by atoms with van der Waals surface area (Å²) >= 11 is 0. The van der Waals surface area contributed by atoms with Gasteiger partial charge < -0.3 is 14.9 Å². The van der Waals surface area contributed by atoms with Crippen molar-refractivity contribution >= 4 is 25.5 Å². The minimum Gasteiger partial charge on any atom is -0.487 e. The normalized spacial score (nSPS) is 13.1. The molecule has 3 N–H and O–H groups in total. The number of nitrogens with zero attached hydrogens (tertiary/aromatic N) is 1. The maximum Gasteiger partial charge on any atom is 0.229 e. The first-order chi connectivity index (χ1) is 23.5. The van der Waals surface area contributed by atoms with E-state index >= 15 is 0 Å². The molecule has 0 amide bonds. The summed E-state index contributed by atoms with van der Waals surface area (Å²) in [6.07, 6.45) is 0.377. The van der Waals surface area contributed by atoms with E-state index in [2.05, 4.69) is 4.72 Å². The molecule has 0 radical (unpaired) electrons. The number of anilines is 1. The monoisotopic (exact) mass is 700 g/mol. The number of nitrogens with one attached hydrogen (secondary N) is 1. The van der Waals surface area contributed by atoms with Gasteiger partial charge in [-0.05, 0) is 65.1 Å². The zero-order valence-corrected chi connectivity index (χ0v) is 28.7. The topological polar surface area (TPSA) is 133 Å². The van der Waals surface area contributed by atoms with E-state index in [1.54, 1.807) is 72.8 Å². The Kier molecular flexibility index (Phi) is 11.9. The summed E-state index contributed by atoms with van der Waals surface area (Å²) in [6.45, 7) is 0.527. The van der Waals surface area contributed by atoms with Gasteiger partial charge >= 0.3 is 0 Å². The molecule has 2 atom stereocenters. The molecule has 0 aliphatic heterocycles. The van der Waals surface area contributed by atoms with Crippen molar-refractivity contribution in [3.8, 4) is 5.75 Å². The smallest absolute Gasteiger partial charge is 0.229 e. The van der Waals surface area contributed by atoms with Crippen molar-refractivity contribution in [3.63, 3.8) is 0 Å². The molecule has 9 nitrogen and oxygen atoms in total. The zero-order chi connectivity index (χ0) is 34.9. The summed E-state index contributed by atoms with van der Waals surface area (Å²) in [6, 6.07) is 38.5. The summed E-state index contributed by atoms with van der Waals surface area (Å²) in [4.78, 5) is 2.36. The summed E-state index contributed by atoms with van der Waals surface area (Å²) in [5.74, 6) is 0.317. The van der Waals surface area contributed by atoms with Crippen molar-refractivity contribution in [2.24, 2.45) is 0 Å². The van der Waals surface area contributed by atoms with Gasteiger partial charge in [0.2, 0.25) is 19.9 Å². The lowest BCUT2D eigenvalue weighted by Crippen LogP contribution is -2.41. The molecule has 0 fully saturated rings. The highest BCUT2D eigenvalue weighted by Crippen LogP contribution is 2.31. The predicted molar refractivity (Wildman–Crippen MR) is 190 cm³/mol. The molecule has 0 spiro atoms. The Morgan fingerprint density at radius 1 is 0.714 bits per heavy atom. The van der Waals surface area contributed by atoms with Crippen LogP contribution in [-0.4, -0.2) is 57.4 Å². The summed E-state index contributed by atoms with van der Waals surface area (Å²) in [5.41, 5.74) is 3.37. The Bertz CT molecular complexity index is 2010. The SMILES string of the molecule is CS(=O)(=O)Nc1cc([C@@H](O)CN(Cc2ccccc2)[C@H](CO)Cc2ccc(S(=O)(=O)c3ccccc3)cc2)ccc1OCc1ccccc1. The van der Waals surface area contributed by atoms with Gasteiger partial charge in [-0.2, -0.15) is 0 Å². The van der Waals surface area contributed by atoms with Gasteiger partial charge in [-0.25, -0.2) is 16.8 Å². The van der Waals surface area contributed by atoms with Crippen LogP contribution in [0, 0.1) is 0 Å². The highest BCUT2D eigenvalue weighted by Gasteiger charge is 2.24. The van der Waals surface area contributed by atoms with E-state index in [4.69, 9.17) is 4.74 Å². The summed E-state index contributed by atoms with van der Waals surface area (Å²) in [5, 5.41) is 22.1. The van der Waals surface area contributed by atoms with Crippen LogP contribution in [0.2, 0.25) is 0 Å². The molecule has 0 saturated heterocycles. The van der Waals surface area contributed by atoms with Crippen LogP contribution in [0.25, 0.3) is 0 Å². The fourth-order valence-corrected chi connectivity index (χ4v) is 7.35. The minimum atomic E-state index is -3.67. The average molecular weight is 701 g/mol. The van der Waals surface area contributed by atoms with Crippen LogP contribution in [0.3, 0.4) is 0 Å². The maximum absolute atomic E-state index is 13.1. The van der Waals surface area contributed by atoms with Crippen LogP contribution in [0.5, 0.6) is 5.75 Å². The van der Waals surface area contributed by atoms with Crippen molar-refractivity contribution in [2.45, 2.75) is 41.5 Å². The first kappa shape index (κ1) is 35.8. The number of ether oxygens (including phenoxy) is 1. The molecule has 49 heavy (non-hydrogen) atoms. The van der Waals surface area contributed by atoms with Crippen LogP contribution in [-0.2, 0) is 39.4 Å². The second kappa shape index (κ2) is 16.3. The molecule has 0 bridgehead atoms. The maximum atomic E-state index is 13.1. The third kappa shape index (κ3) is 10.0. The van der Waals surface area contributed by atoms with Gasteiger partial charge in [0.25, 0.3) is 0 Å². The van der Waals surface area contributed by atoms with Gasteiger partial charge in [0, 0.05) is 19.1 Å². The standard InChI is InChI=1S/C38H40N2O7S2/c1-48(43,44)39-36-24-32(19-22-38(36)47-28-31-13-7-3-8-14-31)37(42)26-40(25-30-11-5-2-6-12-30)33(27-41)23-29-17-20-35(21-18-29)49(45,46)34-15-9-4-10-16-34/h2-22,24,33,37,39,41-42H,23,25-28H2,1H3/t33-,37-/m0/s1. The molecular formula is C38H40N2O7S2. The van der Waals surface area contributed by atoms with Crippen LogP contribution < -0.4 is 9.46 Å². The summed E-state index contributed by atoms with van der Waals surface area (Å²) < 4.78 is 59.1. The fourth-order valence-electron chi connectivity index (χ4n) is 5.51. The third-order valence-electron chi connectivity index (χ3n) is 8.04.